The number of nitrogens with zero attached hydrogens (tertiary/aromatic N) is 2. The Hall–Kier alpha value is -3.28. The van der Waals surface area contributed by atoms with Crippen molar-refractivity contribution in [3.05, 3.63) is 93.5 Å². The van der Waals surface area contributed by atoms with E-state index in [0.717, 1.165) is 22.6 Å². The van der Waals surface area contributed by atoms with Gasteiger partial charge in [-0.15, -0.1) is 0 Å². The number of amides is 2. The van der Waals surface area contributed by atoms with Gasteiger partial charge in [-0.05, 0) is 69.2 Å². The van der Waals surface area contributed by atoms with Gasteiger partial charge in [0.25, 0.3) is 10.0 Å². The van der Waals surface area contributed by atoms with Crippen molar-refractivity contribution in [3.8, 4) is 0 Å². The fraction of sp³-hybridized carbons (Fsp3) is 0.355. The molecule has 0 spiro atoms. The first-order chi connectivity index (χ1) is 20.6. The molecule has 1 N–H and O–H groups in total. The maximum absolute atomic E-state index is 14.2. The van der Waals surface area contributed by atoms with Crippen molar-refractivity contribution in [2.45, 2.75) is 70.2 Å². The van der Waals surface area contributed by atoms with E-state index in [4.69, 9.17) is 23.2 Å². The quantitative estimate of drug-likeness (QED) is 0.220. The molecule has 0 saturated heterocycles. The number of alkyl halides is 3. The van der Waals surface area contributed by atoms with Crippen LogP contribution < -0.4 is 9.62 Å². The van der Waals surface area contributed by atoms with E-state index >= 15 is 0 Å². The molecule has 0 heterocycles. The van der Waals surface area contributed by atoms with E-state index < -0.39 is 46.2 Å². The summed E-state index contributed by atoms with van der Waals surface area (Å²) in [5.41, 5.74) is -0.385. The highest BCUT2D eigenvalue weighted by Crippen LogP contribution is 2.34. The molecule has 0 aliphatic carbocycles. The van der Waals surface area contributed by atoms with E-state index in [9.17, 15) is 31.2 Å². The van der Waals surface area contributed by atoms with E-state index in [2.05, 4.69) is 5.32 Å². The Morgan fingerprint density at radius 3 is 2.07 bits per heavy atom. The molecular weight excluding hydrogens is 638 g/mol. The topological polar surface area (TPSA) is 86.8 Å². The largest absolute Gasteiger partial charge is 0.416 e. The van der Waals surface area contributed by atoms with Gasteiger partial charge in [-0.2, -0.15) is 13.2 Å². The van der Waals surface area contributed by atoms with Gasteiger partial charge in [-0.25, -0.2) is 8.42 Å². The van der Waals surface area contributed by atoms with E-state index in [-0.39, 0.29) is 39.6 Å². The number of sulfonamides is 1. The smallest absolute Gasteiger partial charge is 0.352 e. The monoisotopic (exact) mass is 671 g/mol. The Kier molecular flexibility index (Phi) is 11.7. The lowest BCUT2D eigenvalue weighted by molar-refractivity contribution is -0.140. The zero-order valence-electron chi connectivity index (χ0n) is 24.7. The van der Waals surface area contributed by atoms with Crippen molar-refractivity contribution < 1.29 is 31.2 Å². The molecule has 44 heavy (non-hydrogen) atoms. The van der Waals surface area contributed by atoms with Crippen molar-refractivity contribution in [1.82, 2.24) is 10.2 Å². The third kappa shape index (κ3) is 8.46. The predicted molar refractivity (Wildman–Crippen MR) is 166 cm³/mol. The highest BCUT2D eigenvalue weighted by atomic mass is 35.5. The Bertz CT molecular complexity index is 1560. The van der Waals surface area contributed by atoms with Crippen LogP contribution in [0.3, 0.4) is 0 Å². The number of carbonyl (C=O) groups is 2. The molecule has 7 nitrogen and oxygen atoms in total. The zero-order chi connectivity index (χ0) is 32.8. The summed E-state index contributed by atoms with van der Waals surface area (Å²) >= 11 is 12.8. The number of rotatable bonds is 12. The number of anilines is 1. The molecule has 0 saturated carbocycles. The van der Waals surface area contributed by atoms with Crippen LogP contribution in [0.4, 0.5) is 18.9 Å². The molecule has 0 aromatic heterocycles. The Morgan fingerprint density at radius 2 is 1.52 bits per heavy atom. The van der Waals surface area contributed by atoms with Crippen molar-refractivity contribution in [3.63, 3.8) is 0 Å². The fourth-order valence-electron chi connectivity index (χ4n) is 4.42. The summed E-state index contributed by atoms with van der Waals surface area (Å²) in [5.74, 6) is -1.33. The lowest BCUT2D eigenvalue weighted by Crippen LogP contribution is -2.53. The lowest BCUT2D eigenvalue weighted by atomic mass is 10.1. The van der Waals surface area contributed by atoms with E-state index in [1.165, 1.54) is 30.3 Å². The van der Waals surface area contributed by atoms with Crippen molar-refractivity contribution in [2.24, 2.45) is 0 Å². The number of aryl methyl sites for hydroxylation is 1. The number of hydrogen-bond acceptors (Lipinski definition) is 4. The normalized spacial score (nSPS) is 13.2. The van der Waals surface area contributed by atoms with Crippen molar-refractivity contribution >= 4 is 50.7 Å². The minimum absolute atomic E-state index is 0.143. The molecule has 3 aromatic carbocycles. The van der Waals surface area contributed by atoms with Gasteiger partial charge in [0, 0.05) is 28.2 Å². The van der Waals surface area contributed by atoms with Crippen molar-refractivity contribution in [1.29, 1.82) is 0 Å². The van der Waals surface area contributed by atoms with Gasteiger partial charge in [0.05, 0.1) is 16.1 Å². The first kappa shape index (κ1) is 35.2. The van der Waals surface area contributed by atoms with Gasteiger partial charge in [-0.3, -0.25) is 13.9 Å². The highest BCUT2D eigenvalue weighted by Gasteiger charge is 2.36. The first-order valence-corrected chi connectivity index (χ1v) is 16.1. The molecule has 238 valence electrons. The third-order valence-corrected chi connectivity index (χ3v) is 9.62. The van der Waals surface area contributed by atoms with Crippen LogP contribution in [-0.4, -0.2) is 43.8 Å². The minimum atomic E-state index is -4.77. The maximum atomic E-state index is 14.2. The summed E-state index contributed by atoms with van der Waals surface area (Å²) in [6.07, 6.45) is -4.01. The Morgan fingerprint density at radius 1 is 0.932 bits per heavy atom. The summed E-state index contributed by atoms with van der Waals surface area (Å²) in [5, 5.41) is 3.28. The molecule has 3 aromatic rings. The standard InChI is InChI=1S/C31H34Cl2F3N3O4S/c1-5-21(4)37-30(41)28(6-2)38(18-25-26(32)11-8-12-27(25)33)29(40)19-39(23-10-7-9-22(17-23)31(34,35)36)44(42,43)24-15-13-20(3)14-16-24/h7-17,21,28H,5-6,18-19H2,1-4H3,(H,37,41)/t21-,28+/m0/s1. The number of benzene rings is 3. The van der Waals surface area contributed by atoms with E-state index in [0.29, 0.717) is 22.4 Å². The van der Waals surface area contributed by atoms with Gasteiger partial charge in [0.2, 0.25) is 11.8 Å². The van der Waals surface area contributed by atoms with Gasteiger partial charge < -0.3 is 10.2 Å². The van der Waals surface area contributed by atoms with Crippen LogP contribution in [0.5, 0.6) is 0 Å². The van der Waals surface area contributed by atoms with Crippen LogP contribution >= 0.6 is 23.2 Å². The number of hydrogen-bond donors (Lipinski definition) is 1. The van der Waals surface area contributed by atoms with Crippen LogP contribution in [-0.2, 0) is 32.3 Å². The summed E-state index contributed by atoms with van der Waals surface area (Å²) < 4.78 is 69.5. The minimum Gasteiger partial charge on any atom is -0.352 e. The van der Waals surface area contributed by atoms with Gasteiger partial charge in [0.15, 0.2) is 0 Å². The molecule has 0 unspecified atom stereocenters. The summed E-state index contributed by atoms with van der Waals surface area (Å²) in [6.45, 7) is 5.93. The van der Waals surface area contributed by atoms with Crippen LogP contribution in [0, 0.1) is 6.92 Å². The maximum Gasteiger partial charge on any atom is 0.416 e. The summed E-state index contributed by atoms with van der Waals surface area (Å²) in [7, 11) is -4.56. The molecule has 13 heteroatoms. The lowest BCUT2D eigenvalue weighted by Gasteiger charge is -2.34. The number of halogens is 5. The molecule has 3 rings (SSSR count). The Balaban J connectivity index is 2.16. The van der Waals surface area contributed by atoms with Crippen molar-refractivity contribution in [2.75, 3.05) is 10.8 Å². The van der Waals surface area contributed by atoms with Gasteiger partial charge >= 0.3 is 6.18 Å². The molecule has 0 radical (unpaired) electrons. The second kappa shape index (κ2) is 14.7. The second-order valence-electron chi connectivity index (χ2n) is 10.3. The zero-order valence-corrected chi connectivity index (χ0v) is 27.0. The number of carbonyl (C=O) groups excluding carboxylic acids is 2. The first-order valence-electron chi connectivity index (χ1n) is 13.9. The van der Waals surface area contributed by atoms with Gasteiger partial charge in [-0.1, -0.05) is 66.9 Å². The average molecular weight is 673 g/mol. The van der Waals surface area contributed by atoms with E-state index in [1.54, 1.807) is 39.0 Å². The molecule has 2 amide bonds. The second-order valence-corrected chi connectivity index (χ2v) is 13.0. The SMILES string of the molecule is CC[C@H](C(=O)N[C@@H](C)CC)N(Cc1c(Cl)cccc1Cl)C(=O)CN(c1cccc(C(F)(F)F)c1)S(=O)(=O)c1ccc(C)cc1. The molecule has 0 aliphatic heterocycles. The fourth-order valence-corrected chi connectivity index (χ4v) is 6.34. The van der Waals surface area contributed by atoms with Crippen LogP contribution in [0.25, 0.3) is 0 Å². The van der Waals surface area contributed by atoms with E-state index in [1.807, 2.05) is 6.92 Å². The van der Waals surface area contributed by atoms with Crippen LogP contribution in [0.1, 0.15) is 50.3 Å². The van der Waals surface area contributed by atoms with Gasteiger partial charge in [0.1, 0.15) is 12.6 Å². The molecule has 0 fully saturated rings. The molecule has 0 aliphatic rings. The van der Waals surface area contributed by atoms with Crippen LogP contribution in [0.2, 0.25) is 10.0 Å². The molecule has 2 atom stereocenters. The molecule has 0 bridgehead atoms. The molecular formula is C31H34Cl2F3N3O4S. The highest BCUT2D eigenvalue weighted by molar-refractivity contribution is 7.92. The summed E-state index contributed by atoms with van der Waals surface area (Å²) in [6, 6.07) is 12.8. The van der Waals surface area contributed by atoms with Crippen LogP contribution in [0.15, 0.2) is 71.6 Å². The number of nitrogens with one attached hydrogen (secondary N) is 1. The third-order valence-electron chi connectivity index (χ3n) is 7.13. The average Bonchev–Trinajstić information content (AvgIpc) is 2.96. The summed E-state index contributed by atoms with van der Waals surface area (Å²) in [4.78, 5) is 28.5. The Labute approximate surface area is 266 Å². The predicted octanol–water partition coefficient (Wildman–Crippen LogP) is 7.24.